The number of halogens is 2. The molecular weight excluding hydrogens is 331 g/mol. The second-order valence-electron chi connectivity index (χ2n) is 6.85. The van der Waals surface area contributed by atoms with E-state index in [0.717, 1.165) is 50.6 Å². The third-order valence-electron chi connectivity index (χ3n) is 5.23. The van der Waals surface area contributed by atoms with Gasteiger partial charge in [0.2, 0.25) is 5.91 Å². The Morgan fingerprint density at radius 3 is 2.74 bits per heavy atom. The largest absolute Gasteiger partial charge is 0.352 e. The van der Waals surface area contributed by atoms with Crippen LogP contribution in [-0.2, 0) is 10.2 Å². The number of hydrogen-bond acceptors (Lipinski definition) is 2. The van der Waals surface area contributed by atoms with E-state index < -0.39 is 0 Å². The minimum absolute atomic E-state index is 0. The lowest BCUT2D eigenvalue weighted by Gasteiger charge is -2.34. The van der Waals surface area contributed by atoms with Crippen LogP contribution in [0.25, 0.3) is 0 Å². The van der Waals surface area contributed by atoms with E-state index in [-0.39, 0.29) is 23.7 Å². The summed E-state index contributed by atoms with van der Waals surface area (Å²) in [4.78, 5) is 13.1. The van der Waals surface area contributed by atoms with Gasteiger partial charge in [0.25, 0.3) is 0 Å². The molecule has 0 bridgehead atoms. The third kappa shape index (κ3) is 4.01. The van der Waals surface area contributed by atoms with Crippen LogP contribution in [0.3, 0.4) is 0 Å². The van der Waals surface area contributed by atoms with Gasteiger partial charge >= 0.3 is 0 Å². The zero-order valence-corrected chi connectivity index (χ0v) is 15.2. The van der Waals surface area contributed by atoms with E-state index >= 15 is 0 Å². The molecule has 2 fully saturated rings. The maximum atomic E-state index is 13.1. The first-order valence-corrected chi connectivity index (χ1v) is 8.78. The molecule has 3 rings (SSSR count). The van der Waals surface area contributed by atoms with Gasteiger partial charge in [-0.05, 0) is 56.8 Å². The van der Waals surface area contributed by atoms with Crippen LogP contribution >= 0.6 is 24.0 Å². The van der Waals surface area contributed by atoms with E-state index in [1.165, 1.54) is 0 Å². The van der Waals surface area contributed by atoms with Crippen LogP contribution in [0.2, 0.25) is 5.02 Å². The highest BCUT2D eigenvalue weighted by Gasteiger charge is 2.43. The predicted molar refractivity (Wildman–Crippen MR) is 97.5 cm³/mol. The fraction of sp³-hybridized carbons (Fsp3) is 0.611. The van der Waals surface area contributed by atoms with E-state index in [9.17, 15) is 4.79 Å². The Kier molecular flexibility index (Phi) is 6.35. The molecule has 1 saturated heterocycles. The zero-order chi connectivity index (χ0) is 15.6. The van der Waals surface area contributed by atoms with Crippen molar-refractivity contribution in [2.24, 2.45) is 0 Å². The van der Waals surface area contributed by atoms with E-state index in [0.29, 0.717) is 17.1 Å². The standard InChI is InChI=1S/C18H25ClN2O.ClH/c1-13-11-16(7-10-20-13)21-17(22)18(8-2-3-9-18)14-5-4-6-15(19)12-14;/h4-6,12-13,16,20H,2-3,7-11H2,1H3,(H,21,22);1H. The van der Waals surface area contributed by atoms with E-state index in [1.54, 1.807) is 0 Å². The highest BCUT2D eigenvalue weighted by atomic mass is 35.5. The summed E-state index contributed by atoms with van der Waals surface area (Å²) in [5, 5.41) is 7.48. The average molecular weight is 357 g/mol. The number of hydrogen-bond donors (Lipinski definition) is 2. The topological polar surface area (TPSA) is 41.1 Å². The molecule has 1 aliphatic heterocycles. The highest BCUT2D eigenvalue weighted by molar-refractivity contribution is 6.30. The molecule has 0 spiro atoms. The van der Waals surface area contributed by atoms with Gasteiger partial charge in [-0.15, -0.1) is 12.4 Å². The van der Waals surface area contributed by atoms with Gasteiger partial charge in [-0.3, -0.25) is 4.79 Å². The van der Waals surface area contributed by atoms with Crippen molar-refractivity contribution in [3.8, 4) is 0 Å². The van der Waals surface area contributed by atoms with Crippen molar-refractivity contribution in [1.82, 2.24) is 10.6 Å². The smallest absolute Gasteiger partial charge is 0.230 e. The molecule has 1 saturated carbocycles. The van der Waals surface area contributed by atoms with Gasteiger partial charge in [0.15, 0.2) is 0 Å². The Morgan fingerprint density at radius 2 is 2.09 bits per heavy atom. The first kappa shape index (κ1) is 18.6. The van der Waals surface area contributed by atoms with E-state index in [1.807, 2.05) is 18.2 Å². The Bertz CT molecular complexity index is 544. The van der Waals surface area contributed by atoms with E-state index in [2.05, 4.69) is 23.6 Å². The Balaban J connectivity index is 0.00000192. The van der Waals surface area contributed by atoms with Crippen LogP contribution in [0.15, 0.2) is 24.3 Å². The summed E-state index contributed by atoms with van der Waals surface area (Å²) in [5.41, 5.74) is 0.705. The monoisotopic (exact) mass is 356 g/mol. The second kappa shape index (κ2) is 7.87. The van der Waals surface area contributed by atoms with Gasteiger partial charge in [-0.1, -0.05) is 36.6 Å². The molecular formula is C18H26Cl2N2O. The van der Waals surface area contributed by atoms with Crippen molar-refractivity contribution >= 4 is 29.9 Å². The van der Waals surface area contributed by atoms with Crippen LogP contribution in [0.4, 0.5) is 0 Å². The van der Waals surface area contributed by atoms with Crippen molar-refractivity contribution in [3.63, 3.8) is 0 Å². The van der Waals surface area contributed by atoms with Crippen LogP contribution < -0.4 is 10.6 Å². The van der Waals surface area contributed by atoms with Gasteiger partial charge in [-0.25, -0.2) is 0 Å². The molecule has 1 amide bonds. The zero-order valence-electron chi connectivity index (χ0n) is 13.6. The number of benzene rings is 1. The molecule has 2 aliphatic rings. The Labute approximate surface area is 150 Å². The molecule has 0 radical (unpaired) electrons. The van der Waals surface area contributed by atoms with Crippen molar-refractivity contribution in [3.05, 3.63) is 34.9 Å². The van der Waals surface area contributed by atoms with Crippen LogP contribution in [0.5, 0.6) is 0 Å². The van der Waals surface area contributed by atoms with Gasteiger partial charge in [0.1, 0.15) is 0 Å². The lowest BCUT2D eigenvalue weighted by atomic mass is 9.77. The Morgan fingerprint density at radius 1 is 1.35 bits per heavy atom. The Hall–Kier alpha value is -0.770. The van der Waals surface area contributed by atoms with Gasteiger partial charge in [0.05, 0.1) is 5.41 Å². The maximum Gasteiger partial charge on any atom is 0.230 e. The molecule has 2 unspecified atom stereocenters. The van der Waals surface area contributed by atoms with Crippen molar-refractivity contribution in [2.75, 3.05) is 6.54 Å². The minimum atomic E-state index is -0.376. The molecule has 1 aromatic carbocycles. The van der Waals surface area contributed by atoms with Crippen LogP contribution in [-0.4, -0.2) is 24.5 Å². The number of carbonyl (C=O) groups excluding carboxylic acids is 1. The second-order valence-corrected chi connectivity index (χ2v) is 7.29. The van der Waals surface area contributed by atoms with E-state index in [4.69, 9.17) is 11.6 Å². The number of carbonyl (C=O) groups is 1. The van der Waals surface area contributed by atoms with Crippen LogP contribution in [0, 0.1) is 0 Å². The molecule has 1 heterocycles. The summed E-state index contributed by atoms with van der Waals surface area (Å²) in [6.45, 7) is 3.16. The summed E-state index contributed by atoms with van der Waals surface area (Å²) in [6, 6.07) is 8.63. The van der Waals surface area contributed by atoms with Gasteiger partial charge in [0, 0.05) is 17.1 Å². The number of rotatable bonds is 3. The van der Waals surface area contributed by atoms with Gasteiger partial charge in [-0.2, -0.15) is 0 Å². The fourth-order valence-corrected chi connectivity index (χ4v) is 4.19. The van der Waals surface area contributed by atoms with Crippen molar-refractivity contribution in [1.29, 1.82) is 0 Å². The number of amides is 1. The number of nitrogens with one attached hydrogen (secondary N) is 2. The molecule has 0 aromatic heterocycles. The molecule has 2 N–H and O–H groups in total. The van der Waals surface area contributed by atoms with Crippen LogP contribution in [0.1, 0.15) is 51.0 Å². The summed E-state index contributed by atoms with van der Waals surface area (Å²) < 4.78 is 0. The number of piperidine rings is 1. The molecule has 5 heteroatoms. The van der Waals surface area contributed by atoms with Crippen molar-refractivity contribution in [2.45, 2.75) is 62.9 Å². The molecule has 2 atom stereocenters. The molecule has 1 aromatic rings. The van der Waals surface area contributed by atoms with Crippen molar-refractivity contribution < 1.29 is 4.79 Å². The summed E-state index contributed by atoms with van der Waals surface area (Å²) in [7, 11) is 0. The maximum absolute atomic E-state index is 13.1. The van der Waals surface area contributed by atoms with Gasteiger partial charge < -0.3 is 10.6 Å². The first-order chi connectivity index (χ1) is 10.6. The molecule has 23 heavy (non-hydrogen) atoms. The molecule has 1 aliphatic carbocycles. The third-order valence-corrected chi connectivity index (χ3v) is 5.46. The molecule has 128 valence electrons. The first-order valence-electron chi connectivity index (χ1n) is 8.40. The summed E-state index contributed by atoms with van der Waals surface area (Å²) in [5.74, 6) is 0.200. The quantitative estimate of drug-likeness (QED) is 0.863. The normalized spacial score (nSPS) is 26.3. The SMILES string of the molecule is CC1CC(NC(=O)C2(c3cccc(Cl)c3)CCCC2)CCN1.Cl. The average Bonchev–Trinajstić information content (AvgIpc) is 2.98. The minimum Gasteiger partial charge on any atom is -0.352 e. The lowest BCUT2D eigenvalue weighted by molar-refractivity contribution is -0.127. The molecule has 3 nitrogen and oxygen atoms in total. The summed E-state index contributed by atoms with van der Waals surface area (Å²) >= 11 is 6.16. The lowest BCUT2D eigenvalue weighted by Crippen LogP contribution is -2.51. The summed E-state index contributed by atoms with van der Waals surface area (Å²) in [6.07, 6.45) is 6.11. The predicted octanol–water partition coefficient (Wildman–Crippen LogP) is 3.83. The highest BCUT2D eigenvalue weighted by Crippen LogP contribution is 2.42. The fourth-order valence-electron chi connectivity index (χ4n) is 4.00.